The summed E-state index contributed by atoms with van der Waals surface area (Å²) in [5.74, 6) is -0.131. The first-order valence-corrected chi connectivity index (χ1v) is 7.86. The summed E-state index contributed by atoms with van der Waals surface area (Å²) in [7, 11) is 0. The zero-order valence-corrected chi connectivity index (χ0v) is 13.6. The van der Waals surface area contributed by atoms with Crippen LogP contribution in [-0.2, 0) is 11.2 Å². The largest absolute Gasteiger partial charge is 0.326 e. The van der Waals surface area contributed by atoms with Crippen LogP contribution in [0.15, 0.2) is 12.1 Å². The van der Waals surface area contributed by atoms with Gasteiger partial charge in [0.25, 0.3) is 0 Å². The second-order valence-corrected chi connectivity index (χ2v) is 7.87. The molecule has 21 heavy (non-hydrogen) atoms. The maximum absolute atomic E-state index is 14.4. The number of carbonyl (C=O) groups is 1. The van der Waals surface area contributed by atoms with Crippen LogP contribution >= 0.6 is 11.6 Å². The van der Waals surface area contributed by atoms with Gasteiger partial charge in [0.1, 0.15) is 5.82 Å². The zero-order valence-electron chi connectivity index (χ0n) is 12.9. The number of aryl methyl sites for hydroxylation is 1. The van der Waals surface area contributed by atoms with E-state index in [1.165, 1.54) is 6.07 Å². The highest BCUT2D eigenvalue weighted by atomic mass is 35.5. The smallest absolute Gasteiger partial charge is 0.224 e. The van der Waals surface area contributed by atoms with Gasteiger partial charge in [-0.15, -0.1) is 11.6 Å². The number of alkyl halides is 1. The summed E-state index contributed by atoms with van der Waals surface area (Å²) < 4.78 is 14.4. The lowest BCUT2D eigenvalue weighted by Gasteiger charge is -2.20. The Kier molecular flexibility index (Phi) is 3.14. The maximum atomic E-state index is 14.4. The van der Waals surface area contributed by atoms with Crippen molar-refractivity contribution in [3.05, 3.63) is 29.1 Å². The van der Waals surface area contributed by atoms with Crippen molar-refractivity contribution in [1.29, 1.82) is 0 Å². The minimum absolute atomic E-state index is 0.0541. The Labute approximate surface area is 130 Å². The number of benzene rings is 1. The Morgan fingerprint density at radius 1 is 1.24 bits per heavy atom. The van der Waals surface area contributed by atoms with Crippen LogP contribution in [-0.4, -0.2) is 5.91 Å². The molecule has 1 aromatic carbocycles. The van der Waals surface area contributed by atoms with E-state index in [0.717, 1.165) is 5.56 Å². The summed E-state index contributed by atoms with van der Waals surface area (Å²) in [5.41, 5.74) is 2.35. The van der Waals surface area contributed by atoms with Gasteiger partial charge in [0, 0.05) is 17.7 Å². The molecule has 1 saturated carbocycles. The SMILES string of the molecule is CC1(C)C(C(Cl)c2cc3c(cc2F)NC(=O)CC3)C1(C)C. The van der Waals surface area contributed by atoms with E-state index in [1.807, 2.05) is 6.07 Å². The molecule has 1 atom stereocenters. The number of rotatable bonds is 2. The average molecular weight is 310 g/mol. The molecule has 1 N–H and O–H groups in total. The molecular formula is C17H21ClFNO. The number of fused-ring (bicyclic) bond motifs is 1. The van der Waals surface area contributed by atoms with Crippen molar-refractivity contribution in [3.8, 4) is 0 Å². The van der Waals surface area contributed by atoms with E-state index in [0.29, 0.717) is 24.1 Å². The monoisotopic (exact) mass is 309 g/mol. The van der Waals surface area contributed by atoms with Gasteiger partial charge in [-0.2, -0.15) is 0 Å². The molecule has 0 aromatic heterocycles. The van der Waals surface area contributed by atoms with E-state index >= 15 is 0 Å². The number of carbonyl (C=O) groups excluding carboxylic acids is 1. The third kappa shape index (κ3) is 2.09. The van der Waals surface area contributed by atoms with Gasteiger partial charge in [0.05, 0.1) is 5.38 Å². The van der Waals surface area contributed by atoms with Crippen molar-refractivity contribution in [1.82, 2.24) is 0 Å². The number of hydrogen-bond donors (Lipinski definition) is 1. The lowest BCUT2D eigenvalue weighted by Crippen LogP contribution is -2.19. The number of anilines is 1. The summed E-state index contributed by atoms with van der Waals surface area (Å²) in [4.78, 5) is 11.4. The van der Waals surface area contributed by atoms with Crippen molar-refractivity contribution < 1.29 is 9.18 Å². The third-order valence-corrected chi connectivity index (χ3v) is 6.33. The molecule has 3 rings (SSSR count). The highest BCUT2D eigenvalue weighted by Gasteiger charge is 2.67. The fraction of sp³-hybridized carbons (Fsp3) is 0.588. The molecule has 0 bridgehead atoms. The van der Waals surface area contributed by atoms with E-state index < -0.39 is 0 Å². The summed E-state index contributed by atoms with van der Waals surface area (Å²) in [6.45, 7) is 8.74. The lowest BCUT2D eigenvalue weighted by molar-refractivity contribution is -0.116. The number of nitrogens with one attached hydrogen (secondary N) is 1. The number of halogens is 2. The molecule has 0 spiro atoms. The first-order valence-electron chi connectivity index (χ1n) is 7.42. The number of hydrogen-bond acceptors (Lipinski definition) is 1. The molecule has 1 aliphatic heterocycles. The third-order valence-electron chi connectivity index (χ3n) is 5.84. The zero-order chi connectivity index (χ0) is 15.6. The summed E-state index contributed by atoms with van der Waals surface area (Å²) >= 11 is 6.62. The van der Waals surface area contributed by atoms with Crippen molar-refractivity contribution in [2.24, 2.45) is 16.7 Å². The molecule has 1 aromatic rings. The second-order valence-electron chi connectivity index (χ2n) is 7.40. The summed E-state index contributed by atoms with van der Waals surface area (Å²) in [6, 6.07) is 3.26. The van der Waals surface area contributed by atoms with Crippen LogP contribution in [0.25, 0.3) is 0 Å². The van der Waals surface area contributed by atoms with Crippen molar-refractivity contribution in [2.75, 3.05) is 5.32 Å². The van der Waals surface area contributed by atoms with Crippen molar-refractivity contribution >= 4 is 23.2 Å². The molecule has 1 fully saturated rings. The topological polar surface area (TPSA) is 29.1 Å². The molecule has 4 heteroatoms. The van der Waals surface area contributed by atoms with E-state index in [4.69, 9.17) is 11.6 Å². The van der Waals surface area contributed by atoms with Crippen LogP contribution in [0, 0.1) is 22.6 Å². The van der Waals surface area contributed by atoms with Crippen molar-refractivity contribution in [2.45, 2.75) is 45.9 Å². The predicted molar refractivity (Wildman–Crippen MR) is 83.0 cm³/mol. The van der Waals surface area contributed by atoms with Gasteiger partial charge in [-0.25, -0.2) is 4.39 Å². The molecular weight excluding hydrogens is 289 g/mol. The minimum atomic E-state index is -0.335. The highest BCUT2D eigenvalue weighted by molar-refractivity contribution is 6.21. The van der Waals surface area contributed by atoms with E-state index in [-0.39, 0.29) is 33.8 Å². The minimum Gasteiger partial charge on any atom is -0.326 e. The first kappa shape index (κ1) is 14.8. The van der Waals surface area contributed by atoms with Crippen LogP contribution < -0.4 is 5.32 Å². The Hall–Kier alpha value is -1.09. The highest BCUT2D eigenvalue weighted by Crippen LogP contribution is 2.73. The Balaban J connectivity index is 1.95. The summed E-state index contributed by atoms with van der Waals surface area (Å²) in [6.07, 6.45) is 1.10. The average Bonchev–Trinajstić information content (AvgIpc) is 2.78. The molecule has 1 heterocycles. The fourth-order valence-corrected chi connectivity index (χ4v) is 4.59. The van der Waals surface area contributed by atoms with Gasteiger partial charge in [-0.1, -0.05) is 27.7 Å². The van der Waals surface area contributed by atoms with Gasteiger partial charge in [-0.05, 0) is 40.9 Å². The molecule has 1 aliphatic carbocycles. The normalized spacial score (nSPS) is 24.2. The second kappa shape index (κ2) is 4.45. The number of amides is 1. The predicted octanol–water partition coefficient (Wildman–Crippen LogP) is 4.67. The van der Waals surface area contributed by atoms with Crippen LogP contribution in [0.3, 0.4) is 0 Å². The Morgan fingerprint density at radius 2 is 1.86 bits per heavy atom. The van der Waals surface area contributed by atoms with Crippen LogP contribution in [0.1, 0.15) is 50.6 Å². The van der Waals surface area contributed by atoms with Crippen LogP contribution in [0.5, 0.6) is 0 Å². The quantitative estimate of drug-likeness (QED) is 0.790. The standard InChI is InChI=1S/C17H21ClFNO/c1-16(2)15(17(16,3)4)14(18)10-7-9-5-6-13(21)20-12(9)8-11(10)19/h7-8,14-15H,5-6H2,1-4H3,(H,20,21). The lowest BCUT2D eigenvalue weighted by atomic mass is 9.95. The molecule has 0 saturated heterocycles. The van der Waals surface area contributed by atoms with E-state index in [9.17, 15) is 9.18 Å². The van der Waals surface area contributed by atoms with Gasteiger partial charge in [0.15, 0.2) is 0 Å². The first-order chi connectivity index (χ1) is 9.66. The van der Waals surface area contributed by atoms with Crippen LogP contribution in [0.4, 0.5) is 10.1 Å². The Morgan fingerprint density at radius 3 is 2.43 bits per heavy atom. The summed E-state index contributed by atoms with van der Waals surface area (Å²) in [5, 5.41) is 2.39. The van der Waals surface area contributed by atoms with Gasteiger partial charge in [0.2, 0.25) is 5.91 Å². The molecule has 2 aliphatic rings. The molecule has 2 nitrogen and oxygen atoms in total. The van der Waals surface area contributed by atoms with Crippen LogP contribution in [0.2, 0.25) is 0 Å². The van der Waals surface area contributed by atoms with Gasteiger partial charge in [-0.3, -0.25) is 4.79 Å². The van der Waals surface area contributed by atoms with E-state index in [2.05, 4.69) is 33.0 Å². The molecule has 114 valence electrons. The molecule has 1 amide bonds. The fourth-order valence-electron chi connectivity index (χ4n) is 3.79. The molecule has 1 unspecified atom stereocenters. The van der Waals surface area contributed by atoms with E-state index in [1.54, 1.807) is 0 Å². The van der Waals surface area contributed by atoms with Gasteiger partial charge >= 0.3 is 0 Å². The molecule has 0 radical (unpaired) electrons. The maximum Gasteiger partial charge on any atom is 0.224 e. The van der Waals surface area contributed by atoms with Gasteiger partial charge < -0.3 is 5.32 Å². The Bertz CT molecular complexity index is 609. The van der Waals surface area contributed by atoms with Crippen molar-refractivity contribution in [3.63, 3.8) is 0 Å².